The SMILES string of the molecule is CSC(=NS(=O)(=O)c1cccs1)Nc1cc(S(=O)(=O)N2CCOCC2)ccc1C. The molecule has 0 spiro atoms. The van der Waals surface area contributed by atoms with Crippen LogP contribution in [0.1, 0.15) is 5.56 Å². The number of thiophene rings is 1. The first-order valence-electron chi connectivity index (χ1n) is 8.62. The zero-order chi connectivity index (χ0) is 21.1. The number of nitrogens with one attached hydrogen (secondary N) is 1. The number of aryl methyl sites for hydroxylation is 1. The van der Waals surface area contributed by atoms with E-state index in [9.17, 15) is 16.8 Å². The molecule has 1 aliphatic rings. The molecule has 3 rings (SSSR count). The van der Waals surface area contributed by atoms with Gasteiger partial charge in [0.15, 0.2) is 5.17 Å². The van der Waals surface area contributed by atoms with Crippen LogP contribution in [0.3, 0.4) is 0 Å². The fourth-order valence-corrected chi connectivity index (χ4v) is 6.68. The van der Waals surface area contributed by atoms with E-state index < -0.39 is 20.0 Å². The number of benzene rings is 1. The van der Waals surface area contributed by atoms with Crippen molar-refractivity contribution in [1.82, 2.24) is 4.31 Å². The monoisotopic (exact) mass is 475 g/mol. The molecule has 0 atom stereocenters. The number of amidine groups is 1. The van der Waals surface area contributed by atoms with Gasteiger partial charge in [-0.25, -0.2) is 8.42 Å². The molecule has 0 radical (unpaired) electrons. The zero-order valence-electron chi connectivity index (χ0n) is 15.9. The van der Waals surface area contributed by atoms with Gasteiger partial charge in [-0.3, -0.25) is 0 Å². The maximum atomic E-state index is 12.9. The lowest BCUT2D eigenvalue weighted by Crippen LogP contribution is -2.40. The van der Waals surface area contributed by atoms with Gasteiger partial charge in [0, 0.05) is 18.8 Å². The van der Waals surface area contributed by atoms with Crippen LogP contribution < -0.4 is 5.32 Å². The third-order valence-electron chi connectivity index (χ3n) is 4.20. The predicted octanol–water partition coefficient (Wildman–Crippen LogP) is 2.60. The van der Waals surface area contributed by atoms with E-state index in [2.05, 4.69) is 9.71 Å². The third-order valence-corrected chi connectivity index (χ3v) is 9.44. The number of hydrogen-bond acceptors (Lipinski definition) is 7. The highest BCUT2D eigenvalue weighted by Crippen LogP contribution is 2.25. The van der Waals surface area contributed by atoms with Gasteiger partial charge in [0.05, 0.1) is 18.1 Å². The second-order valence-corrected chi connectivity index (χ2v) is 11.6. The molecule has 1 saturated heterocycles. The van der Waals surface area contributed by atoms with Gasteiger partial charge in [-0.2, -0.15) is 12.7 Å². The van der Waals surface area contributed by atoms with E-state index in [1.165, 1.54) is 16.4 Å². The van der Waals surface area contributed by atoms with Gasteiger partial charge in [0.1, 0.15) is 4.21 Å². The molecule has 0 amide bonds. The Morgan fingerprint density at radius 1 is 1.21 bits per heavy atom. The first kappa shape index (κ1) is 22.2. The lowest BCUT2D eigenvalue weighted by molar-refractivity contribution is 0.0730. The first-order valence-corrected chi connectivity index (χ1v) is 13.6. The van der Waals surface area contributed by atoms with Gasteiger partial charge < -0.3 is 10.1 Å². The highest BCUT2D eigenvalue weighted by Gasteiger charge is 2.27. The molecule has 2 aromatic rings. The molecule has 158 valence electrons. The van der Waals surface area contributed by atoms with Crippen molar-refractivity contribution in [3.63, 3.8) is 0 Å². The Labute approximate surface area is 179 Å². The standard InChI is InChI=1S/C17H21N3O5S4/c1-13-5-6-14(29(23,24)20-7-9-25-10-8-20)12-15(13)18-17(26-2)19-28(21,22)16-4-3-11-27-16/h3-6,11-12H,7-10H2,1-2H3,(H,18,19). The van der Waals surface area contributed by atoms with Gasteiger partial charge in [-0.15, -0.1) is 15.7 Å². The van der Waals surface area contributed by atoms with Crippen LogP contribution in [0.4, 0.5) is 5.69 Å². The maximum Gasteiger partial charge on any atom is 0.294 e. The largest absolute Gasteiger partial charge is 0.379 e. The second-order valence-electron chi connectivity index (χ2n) is 6.13. The quantitative estimate of drug-likeness (QED) is 0.523. The van der Waals surface area contributed by atoms with E-state index >= 15 is 0 Å². The molecule has 0 aliphatic carbocycles. The Morgan fingerprint density at radius 2 is 1.93 bits per heavy atom. The van der Waals surface area contributed by atoms with Gasteiger partial charge in [0.25, 0.3) is 10.0 Å². The van der Waals surface area contributed by atoms with E-state index in [1.54, 1.807) is 36.8 Å². The molecule has 8 nitrogen and oxygen atoms in total. The fourth-order valence-electron chi connectivity index (χ4n) is 2.62. The molecule has 0 unspecified atom stereocenters. The minimum Gasteiger partial charge on any atom is -0.379 e. The Bertz CT molecular complexity index is 1090. The minimum atomic E-state index is -3.83. The summed E-state index contributed by atoms with van der Waals surface area (Å²) < 4.78 is 61.3. The summed E-state index contributed by atoms with van der Waals surface area (Å²) in [6.07, 6.45) is 1.69. The number of morpholine rings is 1. The van der Waals surface area contributed by atoms with E-state index in [-0.39, 0.29) is 14.3 Å². The fraction of sp³-hybridized carbons (Fsp3) is 0.353. The number of anilines is 1. The molecule has 0 saturated carbocycles. The molecule has 0 bridgehead atoms. The summed E-state index contributed by atoms with van der Waals surface area (Å²) in [6, 6.07) is 7.86. The van der Waals surface area contributed by atoms with Crippen molar-refractivity contribution in [3.05, 3.63) is 41.3 Å². The summed E-state index contributed by atoms with van der Waals surface area (Å²) in [6.45, 7) is 3.13. The molecular weight excluding hydrogens is 454 g/mol. The zero-order valence-corrected chi connectivity index (χ0v) is 19.1. The molecule has 12 heteroatoms. The summed E-state index contributed by atoms with van der Waals surface area (Å²) in [7, 11) is -7.50. The maximum absolute atomic E-state index is 12.9. The van der Waals surface area contributed by atoms with Crippen LogP contribution in [0, 0.1) is 6.92 Å². The van der Waals surface area contributed by atoms with Gasteiger partial charge in [0.2, 0.25) is 10.0 Å². The van der Waals surface area contributed by atoms with Gasteiger partial charge in [-0.05, 0) is 42.3 Å². The number of sulfonamides is 2. The summed E-state index contributed by atoms with van der Waals surface area (Å²) in [5, 5.41) is 4.78. The lowest BCUT2D eigenvalue weighted by Gasteiger charge is -2.26. The highest BCUT2D eigenvalue weighted by atomic mass is 32.2. The number of hydrogen-bond donors (Lipinski definition) is 1. The number of rotatable bonds is 5. The van der Waals surface area contributed by atoms with Crippen molar-refractivity contribution in [1.29, 1.82) is 0 Å². The number of ether oxygens (including phenoxy) is 1. The lowest BCUT2D eigenvalue weighted by atomic mass is 10.2. The van der Waals surface area contributed by atoms with Crippen LogP contribution >= 0.6 is 23.1 Å². The summed E-state index contributed by atoms with van der Waals surface area (Å²) in [5.74, 6) is 0. The minimum absolute atomic E-state index is 0.133. The van der Waals surface area contributed by atoms with Crippen molar-refractivity contribution < 1.29 is 21.6 Å². The van der Waals surface area contributed by atoms with Crippen molar-refractivity contribution in [2.75, 3.05) is 37.9 Å². The van der Waals surface area contributed by atoms with E-state index in [1.807, 2.05) is 0 Å². The van der Waals surface area contributed by atoms with Crippen LogP contribution in [-0.4, -0.2) is 58.9 Å². The average Bonchev–Trinajstić information content (AvgIpc) is 3.25. The molecule has 1 aromatic carbocycles. The molecule has 2 heterocycles. The molecular formula is C17H21N3O5S4. The third kappa shape index (κ3) is 5.19. The predicted molar refractivity (Wildman–Crippen MR) is 117 cm³/mol. The Kier molecular flexibility index (Phi) is 7.02. The molecule has 1 N–H and O–H groups in total. The molecule has 1 aliphatic heterocycles. The smallest absolute Gasteiger partial charge is 0.294 e. The topological polar surface area (TPSA) is 105 Å². The van der Waals surface area contributed by atoms with E-state index in [0.717, 1.165) is 28.7 Å². The second kappa shape index (κ2) is 9.14. The molecule has 1 fully saturated rings. The van der Waals surface area contributed by atoms with Gasteiger partial charge in [-0.1, -0.05) is 23.9 Å². The molecule has 29 heavy (non-hydrogen) atoms. The van der Waals surface area contributed by atoms with Crippen molar-refractivity contribution in [3.8, 4) is 0 Å². The van der Waals surface area contributed by atoms with Crippen LogP contribution in [0.5, 0.6) is 0 Å². The van der Waals surface area contributed by atoms with Crippen LogP contribution in [0.2, 0.25) is 0 Å². The Hall–Kier alpha value is -1.44. The summed E-state index contributed by atoms with van der Waals surface area (Å²) in [5.41, 5.74) is 1.25. The van der Waals surface area contributed by atoms with Crippen LogP contribution in [0.15, 0.2) is 49.2 Å². The van der Waals surface area contributed by atoms with E-state index in [4.69, 9.17) is 4.74 Å². The summed E-state index contributed by atoms with van der Waals surface area (Å²) in [4.78, 5) is 0.133. The van der Waals surface area contributed by atoms with Crippen molar-refractivity contribution >= 4 is 54.0 Å². The van der Waals surface area contributed by atoms with E-state index in [0.29, 0.717) is 32.0 Å². The van der Waals surface area contributed by atoms with Crippen LogP contribution in [0.25, 0.3) is 0 Å². The average molecular weight is 476 g/mol. The van der Waals surface area contributed by atoms with Crippen molar-refractivity contribution in [2.45, 2.75) is 16.0 Å². The number of nitrogens with zero attached hydrogens (tertiary/aromatic N) is 2. The summed E-state index contributed by atoms with van der Waals surface area (Å²) >= 11 is 2.21. The van der Waals surface area contributed by atoms with Gasteiger partial charge >= 0.3 is 0 Å². The Balaban J connectivity index is 1.90. The highest BCUT2D eigenvalue weighted by molar-refractivity contribution is 8.14. The molecule has 1 aromatic heterocycles. The normalized spacial score (nSPS) is 16.7. The van der Waals surface area contributed by atoms with Crippen LogP contribution in [-0.2, 0) is 24.8 Å². The number of thioether (sulfide) groups is 1. The first-order chi connectivity index (χ1) is 13.7. The Morgan fingerprint density at radius 3 is 2.55 bits per heavy atom. The van der Waals surface area contributed by atoms with Crippen molar-refractivity contribution in [2.24, 2.45) is 4.40 Å².